The largest absolute Gasteiger partial charge is 0.0885 e. The molecule has 0 saturated heterocycles. The molecule has 0 aliphatic carbocycles. The summed E-state index contributed by atoms with van der Waals surface area (Å²) in [5.41, 5.74) is 0. The average Bonchev–Trinajstić information content (AvgIpc) is 2.47. The molecular formula is C20H39. The third kappa shape index (κ3) is 17.7. The van der Waals surface area contributed by atoms with E-state index in [1.807, 2.05) is 0 Å². The van der Waals surface area contributed by atoms with Crippen molar-refractivity contribution in [2.45, 2.75) is 110 Å². The summed E-state index contributed by atoms with van der Waals surface area (Å²) in [6, 6.07) is 0. The highest BCUT2D eigenvalue weighted by Crippen LogP contribution is 2.12. The lowest BCUT2D eigenvalue weighted by molar-refractivity contribution is 0.545. The first-order chi connectivity index (χ1) is 9.91. The van der Waals surface area contributed by atoms with E-state index in [4.69, 9.17) is 0 Å². The molecule has 119 valence electrons. The minimum absolute atomic E-state index is 1.07. The van der Waals surface area contributed by atoms with E-state index >= 15 is 0 Å². The molecule has 0 unspecified atom stereocenters. The molecule has 0 heteroatoms. The zero-order chi connectivity index (χ0) is 14.7. The fourth-order valence-electron chi connectivity index (χ4n) is 2.60. The Morgan fingerprint density at radius 1 is 0.550 bits per heavy atom. The molecular weight excluding hydrogens is 240 g/mol. The molecule has 0 aliphatic rings. The second kappa shape index (κ2) is 18.7. The van der Waals surface area contributed by atoms with Crippen molar-refractivity contribution in [3.05, 3.63) is 19.1 Å². The van der Waals surface area contributed by atoms with Crippen molar-refractivity contribution in [1.82, 2.24) is 0 Å². The van der Waals surface area contributed by atoms with Gasteiger partial charge in [0.15, 0.2) is 0 Å². The van der Waals surface area contributed by atoms with E-state index in [-0.39, 0.29) is 0 Å². The van der Waals surface area contributed by atoms with Gasteiger partial charge in [0.05, 0.1) is 0 Å². The fourth-order valence-corrected chi connectivity index (χ4v) is 2.60. The van der Waals surface area contributed by atoms with Gasteiger partial charge < -0.3 is 0 Å². The lowest BCUT2D eigenvalue weighted by atomic mass is 10.0. The Balaban J connectivity index is 2.97. The zero-order valence-corrected chi connectivity index (χ0v) is 14.2. The van der Waals surface area contributed by atoms with E-state index in [0.29, 0.717) is 0 Å². The molecule has 0 amide bonds. The molecule has 0 aromatic heterocycles. The van der Waals surface area contributed by atoms with E-state index in [1.165, 1.54) is 96.3 Å². The monoisotopic (exact) mass is 279 g/mol. The summed E-state index contributed by atoms with van der Waals surface area (Å²) in [4.78, 5) is 0. The third-order valence-corrected chi connectivity index (χ3v) is 4.01. The number of allylic oxidation sites excluding steroid dienone is 2. The van der Waals surface area contributed by atoms with Crippen LogP contribution in [0.2, 0.25) is 0 Å². The van der Waals surface area contributed by atoms with E-state index < -0.39 is 0 Å². The summed E-state index contributed by atoms with van der Waals surface area (Å²) in [5.74, 6) is 0. The van der Waals surface area contributed by atoms with Crippen molar-refractivity contribution in [3.63, 3.8) is 0 Å². The number of unbranched alkanes of at least 4 members (excludes halogenated alkanes) is 14. The Morgan fingerprint density at radius 3 is 1.40 bits per heavy atom. The van der Waals surface area contributed by atoms with Gasteiger partial charge in [0.25, 0.3) is 0 Å². The predicted octanol–water partition coefficient (Wildman–Crippen LogP) is 7.64. The van der Waals surface area contributed by atoms with Crippen LogP contribution in [0.5, 0.6) is 0 Å². The number of hydrogen-bond donors (Lipinski definition) is 0. The Bertz CT molecular complexity index is 180. The molecule has 0 atom stereocenters. The van der Waals surface area contributed by atoms with Crippen LogP contribution in [0.4, 0.5) is 0 Å². The van der Waals surface area contributed by atoms with Gasteiger partial charge in [-0.1, -0.05) is 103 Å². The second-order valence-corrected chi connectivity index (χ2v) is 6.14. The molecule has 0 aromatic carbocycles. The van der Waals surface area contributed by atoms with Gasteiger partial charge in [-0.2, -0.15) is 0 Å². The average molecular weight is 280 g/mol. The highest BCUT2D eigenvalue weighted by molar-refractivity contribution is 4.81. The van der Waals surface area contributed by atoms with Crippen LogP contribution < -0.4 is 0 Å². The number of rotatable bonds is 16. The van der Waals surface area contributed by atoms with Gasteiger partial charge in [-0.25, -0.2) is 0 Å². The maximum Gasteiger partial charge on any atom is -0.0351 e. The minimum Gasteiger partial charge on any atom is -0.0885 e. The minimum atomic E-state index is 1.07. The maximum absolute atomic E-state index is 3.86. The molecule has 0 aromatic rings. The van der Waals surface area contributed by atoms with Crippen LogP contribution in [0, 0.1) is 6.92 Å². The van der Waals surface area contributed by atoms with Crippen LogP contribution in [0.25, 0.3) is 0 Å². The van der Waals surface area contributed by atoms with Crippen LogP contribution in [0.3, 0.4) is 0 Å². The molecule has 0 bridgehead atoms. The SMILES string of the molecule is [CH2]CCC/C=C/CCCCCCCCCCCCCC. The lowest BCUT2D eigenvalue weighted by Crippen LogP contribution is -1.82. The normalized spacial score (nSPS) is 11.5. The first-order valence-corrected chi connectivity index (χ1v) is 9.36. The molecule has 0 saturated carbocycles. The molecule has 0 rings (SSSR count). The molecule has 0 fully saturated rings. The number of hydrogen-bond acceptors (Lipinski definition) is 0. The summed E-state index contributed by atoms with van der Waals surface area (Å²) in [6.07, 6.45) is 26.9. The van der Waals surface area contributed by atoms with E-state index in [9.17, 15) is 0 Å². The molecule has 1 radical (unpaired) electrons. The summed E-state index contributed by atoms with van der Waals surface area (Å²) >= 11 is 0. The van der Waals surface area contributed by atoms with E-state index in [1.54, 1.807) is 0 Å². The summed E-state index contributed by atoms with van der Waals surface area (Å²) in [6.45, 7) is 6.15. The van der Waals surface area contributed by atoms with Gasteiger partial charge in [0.2, 0.25) is 0 Å². The Hall–Kier alpha value is -0.260. The Labute approximate surface area is 129 Å². The van der Waals surface area contributed by atoms with Crippen LogP contribution in [0.1, 0.15) is 110 Å². The molecule has 0 heterocycles. The Kier molecular flexibility index (Phi) is 18.5. The molecule has 20 heavy (non-hydrogen) atoms. The predicted molar refractivity (Wildman–Crippen MR) is 94.0 cm³/mol. The van der Waals surface area contributed by atoms with Crippen molar-refractivity contribution in [3.8, 4) is 0 Å². The van der Waals surface area contributed by atoms with Gasteiger partial charge >= 0.3 is 0 Å². The van der Waals surface area contributed by atoms with Gasteiger partial charge in [0, 0.05) is 0 Å². The van der Waals surface area contributed by atoms with Crippen LogP contribution in [-0.2, 0) is 0 Å². The van der Waals surface area contributed by atoms with Gasteiger partial charge in [-0.15, -0.1) is 0 Å². The van der Waals surface area contributed by atoms with Crippen LogP contribution in [-0.4, -0.2) is 0 Å². The fraction of sp³-hybridized carbons (Fsp3) is 0.850. The van der Waals surface area contributed by atoms with Gasteiger partial charge in [0.1, 0.15) is 0 Å². The van der Waals surface area contributed by atoms with Gasteiger partial charge in [-0.3, -0.25) is 0 Å². The highest BCUT2D eigenvalue weighted by Gasteiger charge is 1.92. The summed E-state index contributed by atoms with van der Waals surface area (Å²) in [5, 5.41) is 0. The third-order valence-electron chi connectivity index (χ3n) is 4.01. The van der Waals surface area contributed by atoms with Gasteiger partial charge in [-0.05, 0) is 25.7 Å². The first-order valence-electron chi connectivity index (χ1n) is 9.36. The Morgan fingerprint density at radius 2 is 0.950 bits per heavy atom. The maximum atomic E-state index is 3.86. The molecule has 0 nitrogen and oxygen atoms in total. The lowest BCUT2D eigenvalue weighted by Gasteiger charge is -2.02. The molecule has 0 spiro atoms. The van der Waals surface area contributed by atoms with Crippen LogP contribution in [0.15, 0.2) is 12.2 Å². The first kappa shape index (κ1) is 19.7. The van der Waals surface area contributed by atoms with Crippen molar-refractivity contribution >= 4 is 0 Å². The smallest absolute Gasteiger partial charge is 0.0351 e. The zero-order valence-electron chi connectivity index (χ0n) is 14.2. The quantitative estimate of drug-likeness (QED) is 0.201. The van der Waals surface area contributed by atoms with Crippen molar-refractivity contribution < 1.29 is 0 Å². The standard InChI is InChI=1S/C20H39/c1-3-5-7-9-11-13-15-17-19-20-18-16-14-12-10-8-6-4-2/h9,11H,1,3-8,10,12-20H2,2H3/b11-9+. The topological polar surface area (TPSA) is 0 Å². The summed E-state index contributed by atoms with van der Waals surface area (Å²) in [7, 11) is 0. The van der Waals surface area contributed by atoms with Crippen molar-refractivity contribution in [2.24, 2.45) is 0 Å². The molecule has 0 N–H and O–H groups in total. The van der Waals surface area contributed by atoms with Crippen molar-refractivity contribution in [2.75, 3.05) is 0 Å². The van der Waals surface area contributed by atoms with Crippen LogP contribution >= 0.6 is 0 Å². The van der Waals surface area contributed by atoms with E-state index in [0.717, 1.165) is 6.42 Å². The highest BCUT2D eigenvalue weighted by atomic mass is 14.0. The molecule has 0 aliphatic heterocycles. The van der Waals surface area contributed by atoms with E-state index in [2.05, 4.69) is 26.0 Å². The second-order valence-electron chi connectivity index (χ2n) is 6.14. The summed E-state index contributed by atoms with van der Waals surface area (Å²) < 4.78 is 0. The van der Waals surface area contributed by atoms with Crippen molar-refractivity contribution in [1.29, 1.82) is 0 Å².